The van der Waals surface area contributed by atoms with Gasteiger partial charge in [0.05, 0.1) is 11.3 Å². The lowest BCUT2D eigenvalue weighted by atomic mass is 10.2. The van der Waals surface area contributed by atoms with Crippen molar-refractivity contribution >= 4 is 41.0 Å². The van der Waals surface area contributed by atoms with Crippen LogP contribution in [-0.2, 0) is 14.8 Å². The predicted molar refractivity (Wildman–Crippen MR) is 110 cm³/mol. The number of nitrogens with one attached hydrogen (secondary N) is 1. The molecule has 2 heterocycles. The molecule has 1 N–H and O–H groups in total. The fraction of sp³-hybridized carbons (Fsp3) is 0.412. The van der Waals surface area contributed by atoms with Gasteiger partial charge < -0.3 is 15.1 Å². The number of piperazine rings is 1. The van der Waals surface area contributed by atoms with Gasteiger partial charge in [-0.05, 0) is 30.8 Å². The third-order valence-corrected chi connectivity index (χ3v) is 8.24. The van der Waals surface area contributed by atoms with Crippen LogP contribution in [0.1, 0.15) is 6.42 Å². The maximum Gasteiger partial charge on any atom is 0.284 e. The number of amidine groups is 1. The molecule has 1 atom stereocenters. The molecule has 1 amide bonds. The number of carbonyl (C=O) groups excluding carboxylic acids is 1. The highest BCUT2D eigenvalue weighted by Crippen LogP contribution is 2.56. The second-order valence-electron chi connectivity index (χ2n) is 6.69. The summed E-state index contributed by atoms with van der Waals surface area (Å²) < 4.78 is 28.9. The third kappa shape index (κ3) is 4.84. The average molecular weight is 431 g/mol. The molecule has 3 rings (SSSR count). The molecule has 1 fully saturated rings. The topological polar surface area (TPSA) is 82.1 Å². The number of carbonyl (C=O) groups is 1. The van der Waals surface area contributed by atoms with E-state index in [1.165, 1.54) is 12.1 Å². The Bertz CT molecular complexity index is 877. The molecule has 1 aromatic rings. The maximum atomic E-state index is 12.5. The van der Waals surface area contributed by atoms with Crippen molar-refractivity contribution in [2.24, 2.45) is 4.40 Å². The van der Waals surface area contributed by atoms with Crippen LogP contribution in [0.4, 0.5) is 0 Å². The van der Waals surface area contributed by atoms with Gasteiger partial charge in [0.2, 0.25) is 5.91 Å². The van der Waals surface area contributed by atoms with Crippen molar-refractivity contribution in [3.05, 3.63) is 41.4 Å². The van der Waals surface area contributed by atoms with Crippen molar-refractivity contribution in [3.8, 4) is 0 Å². The second kappa shape index (κ2) is 7.83. The Morgan fingerprint density at radius 1 is 1.22 bits per heavy atom. The maximum absolute atomic E-state index is 12.5. The molecule has 0 spiro atoms. The Morgan fingerprint density at radius 3 is 2.48 bits per heavy atom. The summed E-state index contributed by atoms with van der Waals surface area (Å²) in [5.41, 5.74) is 0.605. The monoisotopic (exact) mass is 430 g/mol. The molecule has 2 aliphatic heterocycles. The molecule has 0 bridgehead atoms. The van der Waals surface area contributed by atoms with Gasteiger partial charge in [-0.15, -0.1) is 4.40 Å². The van der Waals surface area contributed by atoms with Crippen LogP contribution in [0.2, 0.25) is 0 Å². The molecule has 2 aliphatic rings. The van der Waals surface area contributed by atoms with Gasteiger partial charge in [0.25, 0.3) is 10.0 Å². The van der Waals surface area contributed by atoms with E-state index in [0.29, 0.717) is 18.8 Å². The fourth-order valence-corrected chi connectivity index (χ4v) is 6.41. The van der Waals surface area contributed by atoms with Gasteiger partial charge in [0.1, 0.15) is 0 Å². The molecular weight excluding hydrogens is 408 g/mol. The number of rotatable bonds is 4. The van der Waals surface area contributed by atoms with Crippen molar-refractivity contribution < 1.29 is 13.2 Å². The first-order chi connectivity index (χ1) is 12.7. The Kier molecular flexibility index (Phi) is 5.85. The molecule has 0 saturated carbocycles. The number of likely N-dealkylation sites (N-methyl/N-ethyl adjacent to an activating group) is 1. The number of nitrogens with zero attached hydrogens (tertiary/aromatic N) is 3. The number of hydrogen-bond acceptors (Lipinski definition) is 4. The largest absolute Gasteiger partial charge is 0.340 e. The third-order valence-electron chi connectivity index (χ3n) is 4.45. The van der Waals surface area contributed by atoms with Crippen LogP contribution >= 0.6 is 19.9 Å². The van der Waals surface area contributed by atoms with Crippen LogP contribution in [0, 0.1) is 0 Å². The minimum Gasteiger partial charge on any atom is -0.340 e. The van der Waals surface area contributed by atoms with Crippen molar-refractivity contribution in [2.75, 3.05) is 39.5 Å². The average Bonchev–Trinajstić information content (AvgIpc) is 2.88. The summed E-state index contributed by atoms with van der Waals surface area (Å²) >= 11 is 0. The number of amides is 1. The summed E-state index contributed by atoms with van der Waals surface area (Å²) in [6, 6.07) is 7.99. The molecule has 0 aromatic heterocycles. The lowest BCUT2D eigenvalue weighted by molar-refractivity contribution is -0.132. The minimum absolute atomic E-state index is 0.000818. The van der Waals surface area contributed by atoms with Gasteiger partial charge in [-0.25, -0.2) is 0 Å². The zero-order valence-corrected chi connectivity index (χ0v) is 17.6. The normalized spacial score (nSPS) is 27.7. The Balaban J connectivity index is 1.72. The first-order valence-electron chi connectivity index (χ1n) is 8.49. The molecule has 0 radical (unpaired) electrons. The van der Waals surface area contributed by atoms with E-state index in [9.17, 15) is 13.2 Å². The van der Waals surface area contributed by atoms with Crippen molar-refractivity contribution in [1.29, 1.82) is 0 Å². The molecular formula is C17H23ClN4O3S2. The van der Waals surface area contributed by atoms with Crippen LogP contribution in [0.25, 0.3) is 0 Å². The van der Waals surface area contributed by atoms with Gasteiger partial charge >= 0.3 is 0 Å². The number of hydrogen-bond donors (Lipinski definition) is 1. The lowest BCUT2D eigenvalue weighted by Gasteiger charge is -2.32. The number of benzene rings is 1. The molecule has 1 saturated heterocycles. The second-order valence-corrected chi connectivity index (χ2v) is 12.6. The summed E-state index contributed by atoms with van der Waals surface area (Å²) in [6.45, 7) is 3.07. The van der Waals surface area contributed by atoms with Crippen LogP contribution in [0.15, 0.2) is 50.7 Å². The summed E-state index contributed by atoms with van der Waals surface area (Å²) in [6.07, 6.45) is 1.89. The van der Waals surface area contributed by atoms with Gasteiger partial charge in [-0.2, -0.15) is 8.42 Å². The zero-order chi connectivity index (χ0) is 19.7. The lowest BCUT2D eigenvalue weighted by Crippen LogP contribution is -2.47. The summed E-state index contributed by atoms with van der Waals surface area (Å²) in [5.74, 6) is 0.000818. The SMILES string of the molecule is CN1CCN(C(=O)CC2=CS(C)(Cl)/C(=N/S(=O)(=O)c3ccccc3)N2)CC1. The van der Waals surface area contributed by atoms with Gasteiger partial charge in [0, 0.05) is 31.9 Å². The zero-order valence-electron chi connectivity index (χ0n) is 15.3. The van der Waals surface area contributed by atoms with E-state index in [0.717, 1.165) is 13.1 Å². The van der Waals surface area contributed by atoms with Crippen molar-refractivity contribution in [1.82, 2.24) is 15.1 Å². The molecule has 0 aliphatic carbocycles. The van der Waals surface area contributed by atoms with E-state index in [-0.39, 0.29) is 22.4 Å². The summed E-state index contributed by atoms with van der Waals surface area (Å²) in [7, 11) is 2.62. The van der Waals surface area contributed by atoms with E-state index in [1.807, 2.05) is 11.9 Å². The van der Waals surface area contributed by atoms with Gasteiger partial charge in [0.15, 0.2) is 5.17 Å². The summed E-state index contributed by atoms with van der Waals surface area (Å²) in [5, 5.41) is 4.89. The quantitative estimate of drug-likeness (QED) is 0.789. The smallest absolute Gasteiger partial charge is 0.284 e. The van der Waals surface area contributed by atoms with Gasteiger partial charge in [-0.1, -0.05) is 38.1 Å². The van der Waals surface area contributed by atoms with Crippen LogP contribution in [0.5, 0.6) is 0 Å². The van der Waals surface area contributed by atoms with E-state index in [1.54, 1.807) is 29.9 Å². The van der Waals surface area contributed by atoms with E-state index in [4.69, 9.17) is 10.7 Å². The number of halogens is 1. The van der Waals surface area contributed by atoms with E-state index in [2.05, 4.69) is 14.6 Å². The standard InChI is InChI=1S/C17H23ClN4O3S2/c1-21-8-10-22(11-9-21)16(23)12-14-13-26(2,18)17(19-14)20-27(24,25)15-6-4-3-5-7-15/h3-7,13H,8-12H2,1-2H3,(H,19,20). The molecule has 1 aromatic carbocycles. The summed E-state index contributed by atoms with van der Waals surface area (Å²) in [4.78, 5) is 16.6. The Morgan fingerprint density at radius 2 is 1.85 bits per heavy atom. The van der Waals surface area contributed by atoms with E-state index >= 15 is 0 Å². The molecule has 1 unspecified atom stereocenters. The number of sulfonamides is 1. The molecule has 10 heteroatoms. The first kappa shape index (κ1) is 20.2. The van der Waals surface area contributed by atoms with Gasteiger partial charge in [-0.3, -0.25) is 4.79 Å². The minimum atomic E-state index is -3.87. The Hall–Kier alpha value is -1.55. The fourth-order valence-electron chi connectivity index (χ4n) is 2.86. The Labute approximate surface area is 165 Å². The molecule has 148 valence electrons. The van der Waals surface area contributed by atoms with Crippen LogP contribution in [0.3, 0.4) is 0 Å². The molecule has 7 nitrogen and oxygen atoms in total. The highest BCUT2D eigenvalue weighted by molar-refractivity contribution is 8.62. The van der Waals surface area contributed by atoms with E-state index < -0.39 is 19.3 Å². The first-order valence-corrected chi connectivity index (χ1v) is 12.9. The van der Waals surface area contributed by atoms with Crippen LogP contribution in [-0.4, -0.2) is 68.8 Å². The molecule has 27 heavy (non-hydrogen) atoms. The predicted octanol–water partition coefficient (Wildman–Crippen LogP) is 1.93. The highest BCUT2D eigenvalue weighted by atomic mass is 35.7. The van der Waals surface area contributed by atoms with Crippen LogP contribution < -0.4 is 5.32 Å². The van der Waals surface area contributed by atoms with Crippen molar-refractivity contribution in [3.63, 3.8) is 0 Å². The highest BCUT2D eigenvalue weighted by Gasteiger charge is 2.32. The van der Waals surface area contributed by atoms with Crippen molar-refractivity contribution in [2.45, 2.75) is 11.3 Å².